The van der Waals surface area contributed by atoms with Crippen LogP contribution < -0.4 is 15.5 Å². The number of nitrogens with zero attached hydrogens (tertiary/aromatic N) is 1. The molecule has 2 N–H and O–H groups in total. The molecule has 6 heteroatoms. The van der Waals surface area contributed by atoms with Gasteiger partial charge in [-0.1, -0.05) is 25.1 Å². The van der Waals surface area contributed by atoms with E-state index in [4.69, 9.17) is 0 Å². The molecular formula is C28H31N3O2S. The van der Waals surface area contributed by atoms with E-state index in [9.17, 15) is 9.59 Å². The van der Waals surface area contributed by atoms with Crippen LogP contribution in [0.15, 0.2) is 54.6 Å². The van der Waals surface area contributed by atoms with Crippen LogP contribution in [-0.4, -0.2) is 24.9 Å². The lowest BCUT2D eigenvalue weighted by Gasteiger charge is -2.28. The van der Waals surface area contributed by atoms with E-state index in [-0.39, 0.29) is 11.8 Å². The summed E-state index contributed by atoms with van der Waals surface area (Å²) < 4.78 is 0. The zero-order valence-corrected chi connectivity index (χ0v) is 20.4. The molecule has 1 saturated heterocycles. The summed E-state index contributed by atoms with van der Waals surface area (Å²) in [5.74, 6) is 0.246. The van der Waals surface area contributed by atoms with E-state index >= 15 is 0 Å². The van der Waals surface area contributed by atoms with E-state index in [0.717, 1.165) is 43.6 Å². The van der Waals surface area contributed by atoms with Gasteiger partial charge in [-0.15, -0.1) is 11.3 Å². The van der Waals surface area contributed by atoms with Gasteiger partial charge in [0.15, 0.2) is 0 Å². The molecule has 0 saturated carbocycles. The highest BCUT2D eigenvalue weighted by Crippen LogP contribution is 2.40. The Morgan fingerprint density at radius 3 is 2.38 bits per heavy atom. The van der Waals surface area contributed by atoms with Gasteiger partial charge < -0.3 is 15.5 Å². The monoisotopic (exact) mass is 473 g/mol. The Bertz CT molecular complexity index is 1160. The highest BCUT2D eigenvalue weighted by molar-refractivity contribution is 7.17. The van der Waals surface area contributed by atoms with Crippen molar-refractivity contribution in [2.24, 2.45) is 5.92 Å². The van der Waals surface area contributed by atoms with Crippen LogP contribution >= 0.6 is 11.3 Å². The van der Waals surface area contributed by atoms with Gasteiger partial charge in [0.1, 0.15) is 5.00 Å². The van der Waals surface area contributed by atoms with Gasteiger partial charge in [0, 0.05) is 34.9 Å². The zero-order chi connectivity index (χ0) is 23.5. The minimum Gasteiger partial charge on any atom is -0.372 e. The minimum absolute atomic E-state index is 0.152. The number of thiophene rings is 1. The minimum atomic E-state index is -0.188. The summed E-state index contributed by atoms with van der Waals surface area (Å²) in [5, 5.41) is 6.77. The molecule has 0 spiro atoms. The zero-order valence-electron chi connectivity index (χ0n) is 19.6. The van der Waals surface area contributed by atoms with Gasteiger partial charge in [0.25, 0.3) is 11.8 Å². The third-order valence-corrected chi connectivity index (χ3v) is 8.02. The molecule has 0 bridgehead atoms. The number of anilines is 3. The van der Waals surface area contributed by atoms with Gasteiger partial charge in [-0.25, -0.2) is 0 Å². The van der Waals surface area contributed by atoms with E-state index < -0.39 is 0 Å². The number of piperidine rings is 1. The standard InChI is InChI=1S/C28H31N3O2S/c1-19-10-15-23-24(18-19)34-28(30-26(32)20-8-4-2-5-9-20)25(23)27(33)29-21-11-13-22(14-12-21)31-16-6-3-7-17-31/h2,4-5,8-9,11-14,19H,3,6-7,10,15-18H2,1H3,(H,29,33)(H,30,32). The Morgan fingerprint density at radius 1 is 0.912 bits per heavy atom. The Balaban J connectivity index is 1.38. The number of hydrogen-bond acceptors (Lipinski definition) is 4. The molecule has 3 aromatic rings. The maximum Gasteiger partial charge on any atom is 0.258 e. The topological polar surface area (TPSA) is 61.4 Å². The van der Waals surface area contributed by atoms with Gasteiger partial charge in [-0.2, -0.15) is 0 Å². The fourth-order valence-corrected chi connectivity index (χ4v) is 6.35. The Labute approximate surface area is 205 Å². The molecule has 34 heavy (non-hydrogen) atoms. The van der Waals surface area contributed by atoms with E-state index in [0.29, 0.717) is 22.0 Å². The third-order valence-electron chi connectivity index (χ3n) is 6.85. The molecule has 0 radical (unpaired) electrons. The van der Waals surface area contributed by atoms with Gasteiger partial charge in [-0.05, 0) is 86.4 Å². The fourth-order valence-electron chi connectivity index (χ4n) is 4.95. The predicted molar refractivity (Wildman–Crippen MR) is 140 cm³/mol. The van der Waals surface area contributed by atoms with Crippen LogP contribution in [0.3, 0.4) is 0 Å². The number of amides is 2. The van der Waals surface area contributed by atoms with Crippen LogP contribution in [0.2, 0.25) is 0 Å². The summed E-state index contributed by atoms with van der Waals surface area (Å²) >= 11 is 1.55. The average Bonchev–Trinajstić information content (AvgIpc) is 3.22. The first-order valence-electron chi connectivity index (χ1n) is 12.3. The molecule has 1 fully saturated rings. The highest BCUT2D eigenvalue weighted by atomic mass is 32.1. The van der Waals surface area contributed by atoms with Gasteiger partial charge in [0.2, 0.25) is 0 Å². The maximum atomic E-state index is 13.5. The lowest BCUT2D eigenvalue weighted by molar-refractivity contribution is 0.102. The van der Waals surface area contributed by atoms with Crippen LogP contribution in [0.1, 0.15) is 63.8 Å². The van der Waals surface area contributed by atoms with Crippen molar-refractivity contribution in [1.29, 1.82) is 0 Å². The first-order chi connectivity index (χ1) is 16.6. The van der Waals surface area contributed by atoms with Crippen LogP contribution in [-0.2, 0) is 12.8 Å². The predicted octanol–water partition coefficient (Wildman–Crippen LogP) is 6.37. The fraction of sp³-hybridized carbons (Fsp3) is 0.357. The van der Waals surface area contributed by atoms with E-state index in [1.165, 1.54) is 29.8 Å². The first-order valence-corrected chi connectivity index (χ1v) is 13.1. The molecule has 2 heterocycles. The third kappa shape index (κ3) is 4.87. The molecule has 1 atom stereocenters. The lowest BCUT2D eigenvalue weighted by Crippen LogP contribution is -2.29. The second-order valence-corrected chi connectivity index (χ2v) is 10.5. The molecular weight excluding hydrogens is 442 g/mol. The quantitative estimate of drug-likeness (QED) is 0.453. The number of carbonyl (C=O) groups excluding carboxylic acids is 2. The summed E-state index contributed by atoms with van der Waals surface area (Å²) in [6, 6.07) is 17.3. The summed E-state index contributed by atoms with van der Waals surface area (Å²) in [7, 11) is 0. The van der Waals surface area contributed by atoms with Gasteiger partial charge in [-0.3, -0.25) is 9.59 Å². The lowest BCUT2D eigenvalue weighted by atomic mass is 9.88. The molecule has 5 rings (SSSR count). The molecule has 2 aliphatic rings. The Hall–Kier alpha value is -3.12. The van der Waals surface area contributed by atoms with Crippen molar-refractivity contribution in [3.05, 3.63) is 76.2 Å². The van der Waals surface area contributed by atoms with Crippen molar-refractivity contribution in [2.45, 2.75) is 45.4 Å². The maximum absolute atomic E-state index is 13.5. The van der Waals surface area contributed by atoms with Crippen molar-refractivity contribution >= 4 is 39.5 Å². The van der Waals surface area contributed by atoms with Crippen LogP contribution in [0, 0.1) is 5.92 Å². The average molecular weight is 474 g/mol. The normalized spacial score (nSPS) is 17.7. The first kappa shape index (κ1) is 22.7. The SMILES string of the molecule is CC1CCc2c(sc(NC(=O)c3ccccc3)c2C(=O)Nc2ccc(N3CCCCC3)cc2)C1. The highest BCUT2D eigenvalue weighted by Gasteiger charge is 2.28. The van der Waals surface area contributed by atoms with E-state index in [1.54, 1.807) is 23.5 Å². The Morgan fingerprint density at radius 2 is 1.65 bits per heavy atom. The molecule has 1 aromatic heterocycles. The number of rotatable bonds is 5. The number of nitrogens with one attached hydrogen (secondary N) is 2. The molecule has 5 nitrogen and oxygen atoms in total. The summed E-state index contributed by atoms with van der Waals surface area (Å²) in [6.45, 7) is 4.43. The second kappa shape index (κ2) is 10.0. The van der Waals surface area contributed by atoms with Crippen molar-refractivity contribution in [1.82, 2.24) is 0 Å². The Kier molecular flexibility index (Phi) is 6.68. The number of hydrogen-bond donors (Lipinski definition) is 2. The number of benzene rings is 2. The smallest absolute Gasteiger partial charge is 0.258 e. The van der Waals surface area contributed by atoms with Gasteiger partial charge in [0.05, 0.1) is 5.56 Å². The largest absolute Gasteiger partial charge is 0.372 e. The molecule has 1 aliphatic carbocycles. The van der Waals surface area contributed by atoms with E-state index in [2.05, 4.69) is 34.6 Å². The van der Waals surface area contributed by atoms with Crippen molar-refractivity contribution in [2.75, 3.05) is 28.6 Å². The van der Waals surface area contributed by atoms with Crippen LogP contribution in [0.25, 0.3) is 0 Å². The number of fused-ring (bicyclic) bond motifs is 1. The summed E-state index contributed by atoms with van der Waals surface area (Å²) in [4.78, 5) is 30.0. The summed E-state index contributed by atoms with van der Waals surface area (Å²) in [5.41, 5.74) is 4.28. The molecule has 2 aromatic carbocycles. The van der Waals surface area contributed by atoms with Crippen molar-refractivity contribution in [3.8, 4) is 0 Å². The molecule has 176 valence electrons. The molecule has 1 unspecified atom stereocenters. The van der Waals surface area contributed by atoms with Crippen LogP contribution in [0.4, 0.5) is 16.4 Å². The van der Waals surface area contributed by atoms with Crippen LogP contribution in [0.5, 0.6) is 0 Å². The van der Waals surface area contributed by atoms with Gasteiger partial charge >= 0.3 is 0 Å². The molecule has 2 amide bonds. The van der Waals surface area contributed by atoms with Crippen molar-refractivity contribution < 1.29 is 9.59 Å². The second-order valence-electron chi connectivity index (χ2n) is 9.42. The van der Waals surface area contributed by atoms with E-state index in [1.807, 2.05) is 30.3 Å². The molecule has 1 aliphatic heterocycles. The number of carbonyl (C=O) groups is 2. The summed E-state index contributed by atoms with van der Waals surface area (Å²) in [6.07, 6.45) is 6.64. The van der Waals surface area contributed by atoms with Crippen molar-refractivity contribution in [3.63, 3.8) is 0 Å².